The number of nitrogens with zero attached hydrogens (tertiary/aromatic N) is 1. The van der Waals surface area contributed by atoms with Crippen LogP contribution >= 0.6 is 11.3 Å². The Morgan fingerprint density at radius 3 is 2.58 bits per heavy atom. The first-order valence-corrected chi connectivity index (χ1v) is 12.7. The van der Waals surface area contributed by atoms with Gasteiger partial charge in [-0.1, -0.05) is 30.3 Å². The van der Waals surface area contributed by atoms with Gasteiger partial charge in [0, 0.05) is 47.2 Å². The molecule has 2 fully saturated rings. The quantitative estimate of drug-likeness (QED) is 0.459. The van der Waals surface area contributed by atoms with Crippen LogP contribution in [0.4, 0.5) is 5.69 Å². The third-order valence-corrected chi connectivity index (χ3v) is 7.68. The number of nitrogens with one attached hydrogen (secondary N) is 3. The highest BCUT2D eigenvalue weighted by molar-refractivity contribution is 7.15. The lowest BCUT2D eigenvalue weighted by molar-refractivity contribution is 0.0950. The maximum Gasteiger partial charge on any atom is 0.251 e. The van der Waals surface area contributed by atoms with Crippen molar-refractivity contribution in [2.24, 2.45) is 0 Å². The van der Waals surface area contributed by atoms with Gasteiger partial charge in [0.05, 0.1) is 6.04 Å². The van der Waals surface area contributed by atoms with Crippen molar-refractivity contribution in [3.05, 3.63) is 76.2 Å². The van der Waals surface area contributed by atoms with Crippen molar-refractivity contribution in [3.8, 4) is 10.4 Å². The van der Waals surface area contributed by atoms with E-state index in [2.05, 4.69) is 57.2 Å². The van der Waals surface area contributed by atoms with Crippen LogP contribution in [-0.4, -0.2) is 43.0 Å². The van der Waals surface area contributed by atoms with Gasteiger partial charge in [-0.25, -0.2) is 0 Å². The number of rotatable bonds is 8. The van der Waals surface area contributed by atoms with Crippen molar-refractivity contribution in [2.45, 2.75) is 38.9 Å². The lowest BCUT2D eigenvalue weighted by Gasteiger charge is -2.29. The molecule has 0 radical (unpaired) electrons. The number of carbonyl (C=O) groups excluding carboxylic acids is 1. The van der Waals surface area contributed by atoms with Gasteiger partial charge in [-0.3, -0.25) is 9.69 Å². The highest BCUT2D eigenvalue weighted by Gasteiger charge is 2.17. The molecule has 33 heavy (non-hydrogen) atoms. The number of anilines is 1. The van der Waals surface area contributed by atoms with Gasteiger partial charge >= 0.3 is 0 Å². The summed E-state index contributed by atoms with van der Waals surface area (Å²) in [4.78, 5) is 18.1. The Hall–Kier alpha value is -2.67. The number of thiophene rings is 1. The second-order valence-corrected chi connectivity index (χ2v) is 10.3. The first-order chi connectivity index (χ1) is 16.1. The molecule has 5 rings (SSSR count). The van der Waals surface area contributed by atoms with Gasteiger partial charge in [0.1, 0.15) is 0 Å². The Balaban J connectivity index is 1.17. The summed E-state index contributed by atoms with van der Waals surface area (Å²) in [7, 11) is 0. The largest absolute Gasteiger partial charge is 0.380 e. The Morgan fingerprint density at radius 1 is 1.06 bits per heavy atom. The van der Waals surface area contributed by atoms with Crippen molar-refractivity contribution >= 4 is 22.9 Å². The van der Waals surface area contributed by atoms with Gasteiger partial charge in [0.2, 0.25) is 0 Å². The summed E-state index contributed by atoms with van der Waals surface area (Å²) in [6.07, 6.45) is 2.66. The molecule has 0 aliphatic carbocycles. The molecule has 3 N–H and O–H groups in total. The predicted molar refractivity (Wildman–Crippen MR) is 137 cm³/mol. The molecule has 1 amide bonds. The fourth-order valence-electron chi connectivity index (χ4n) is 4.43. The zero-order valence-corrected chi connectivity index (χ0v) is 20.0. The van der Waals surface area contributed by atoms with E-state index in [0.29, 0.717) is 12.6 Å². The fraction of sp³-hybridized carbons (Fsp3) is 0.370. The molecule has 3 aromatic rings. The monoisotopic (exact) mass is 460 g/mol. The molecular formula is C27H32N4OS. The Kier molecular flexibility index (Phi) is 6.76. The van der Waals surface area contributed by atoms with E-state index in [0.717, 1.165) is 42.0 Å². The zero-order chi connectivity index (χ0) is 22.6. The highest BCUT2D eigenvalue weighted by atomic mass is 32.1. The van der Waals surface area contributed by atoms with Crippen LogP contribution in [0.3, 0.4) is 0 Å². The highest BCUT2D eigenvalue weighted by Crippen LogP contribution is 2.29. The molecular weight excluding hydrogens is 428 g/mol. The first kappa shape index (κ1) is 22.1. The minimum absolute atomic E-state index is 0.0308. The predicted octanol–water partition coefficient (Wildman–Crippen LogP) is 4.63. The summed E-state index contributed by atoms with van der Waals surface area (Å²) in [5.74, 6) is -0.0308. The van der Waals surface area contributed by atoms with Crippen molar-refractivity contribution in [1.82, 2.24) is 15.5 Å². The van der Waals surface area contributed by atoms with Crippen LogP contribution in [-0.2, 0) is 13.1 Å². The molecule has 0 atom stereocenters. The summed E-state index contributed by atoms with van der Waals surface area (Å²) < 4.78 is 0. The normalized spacial score (nSPS) is 16.5. The molecule has 2 aliphatic rings. The molecule has 3 heterocycles. The number of hydrogen-bond acceptors (Lipinski definition) is 5. The van der Waals surface area contributed by atoms with E-state index in [9.17, 15) is 4.79 Å². The summed E-state index contributed by atoms with van der Waals surface area (Å²) in [6, 6.07) is 19.5. The molecule has 2 saturated heterocycles. The summed E-state index contributed by atoms with van der Waals surface area (Å²) in [5, 5.41) is 9.82. The average Bonchev–Trinajstić information content (AvgIpc) is 3.49. The van der Waals surface area contributed by atoms with Crippen molar-refractivity contribution in [2.75, 3.05) is 31.5 Å². The number of benzene rings is 2. The standard InChI is InChI=1S/C27H32N4OS/c1-19-4-9-22(30-23-16-28-17-23)14-25(19)27(32)29-15-20-5-7-21(8-6-20)26-11-10-24(33-26)18-31-12-2-3-13-31/h4-11,14,23,28,30H,2-3,12-13,15-18H2,1H3,(H,29,32). The zero-order valence-electron chi connectivity index (χ0n) is 19.2. The summed E-state index contributed by atoms with van der Waals surface area (Å²) in [5.41, 5.74) is 5.06. The second kappa shape index (κ2) is 10.1. The molecule has 0 unspecified atom stereocenters. The van der Waals surface area contributed by atoms with E-state index in [1.165, 1.54) is 41.2 Å². The van der Waals surface area contributed by atoms with Gasteiger partial charge < -0.3 is 16.0 Å². The van der Waals surface area contributed by atoms with E-state index in [1.54, 1.807) is 0 Å². The average molecular weight is 461 g/mol. The molecule has 5 nitrogen and oxygen atoms in total. The molecule has 0 spiro atoms. The van der Waals surface area contributed by atoms with Crippen LogP contribution in [0.25, 0.3) is 10.4 Å². The van der Waals surface area contributed by atoms with E-state index in [4.69, 9.17) is 0 Å². The van der Waals surface area contributed by atoms with Gasteiger partial charge in [0.25, 0.3) is 5.91 Å². The Bertz CT molecular complexity index is 1100. The molecule has 172 valence electrons. The lowest BCUT2D eigenvalue weighted by Crippen LogP contribution is -2.51. The molecule has 1 aromatic heterocycles. The van der Waals surface area contributed by atoms with Crippen molar-refractivity contribution < 1.29 is 4.79 Å². The maximum atomic E-state index is 12.8. The van der Waals surface area contributed by atoms with Crippen molar-refractivity contribution in [1.29, 1.82) is 0 Å². The number of hydrogen-bond donors (Lipinski definition) is 3. The third kappa shape index (κ3) is 5.46. The van der Waals surface area contributed by atoms with Crippen LogP contribution in [0.15, 0.2) is 54.6 Å². The summed E-state index contributed by atoms with van der Waals surface area (Å²) in [6.45, 7) is 7.97. The topological polar surface area (TPSA) is 56.4 Å². The number of aryl methyl sites for hydroxylation is 1. The van der Waals surface area contributed by atoms with Gasteiger partial charge in [0.15, 0.2) is 0 Å². The van der Waals surface area contributed by atoms with Crippen LogP contribution in [0.1, 0.15) is 39.2 Å². The number of carbonyl (C=O) groups is 1. The second-order valence-electron chi connectivity index (χ2n) is 9.16. The van der Waals surface area contributed by atoms with Gasteiger partial charge in [-0.2, -0.15) is 0 Å². The van der Waals surface area contributed by atoms with Crippen molar-refractivity contribution in [3.63, 3.8) is 0 Å². The van der Waals surface area contributed by atoms with E-state index < -0.39 is 0 Å². The Morgan fingerprint density at radius 2 is 1.85 bits per heavy atom. The molecule has 2 aliphatic heterocycles. The molecule has 2 aromatic carbocycles. The van der Waals surface area contributed by atoms with Crippen LogP contribution in [0.2, 0.25) is 0 Å². The number of amides is 1. The van der Waals surface area contributed by atoms with E-state index >= 15 is 0 Å². The van der Waals surface area contributed by atoms with Crippen LogP contribution in [0, 0.1) is 6.92 Å². The van der Waals surface area contributed by atoms with E-state index in [-0.39, 0.29) is 5.91 Å². The molecule has 6 heteroatoms. The minimum Gasteiger partial charge on any atom is -0.380 e. The third-order valence-electron chi connectivity index (χ3n) is 6.57. The summed E-state index contributed by atoms with van der Waals surface area (Å²) >= 11 is 1.89. The van der Waals surface area contributed by atoms with Crippen LogP contribution in [0.5, 0.6) is 0 Å². The first-order valence-electron chi connectivity index (χ1n) is 11.9. The van der Waals surface area contributed by atoms with Gasteiger partial charge in [-0.05, 0) is 73.8 Å². The maximum absolute atomic E-state index is 12.8. The lowest BCUT2D eigenvalue weighted by atomic mass is 10.1. The molecule has 0 saturated carbocycles. The SMILES string of the molecule is Cc1ccc(NC2CNC2)cc1C(=O)NCc1ccc(-c2ccc(CN3CCCC3)s2)cc1. The number of likely N-dealkylation sites (tertiary alicyclic amines) is 1. The van der Waals surface area contributed by atoms with Crippen LogP contribution < -0.4 is 16.0 Å². The molecule has 0 bridgehead atoms. The minimum atomic E-state index is -0.0308. The van der Waals surface area contributed by atoms with Gasteiger partial charge in [-0.15, -0.1) is 11.3 Å². The Labute approximate surface area is 200 Å². The van der Waals surface area contributed by atoms with E-state index in [1.807, 2.05) is 36.5 Å². The fourth-order valence-corrected chi connectivity index (χ4v) is 5.48. The smallest absolute Gasteiger partial charge is 0.251 e.